The van der Waals surface area contributed by atoms with E-state index in [4.69, 9.17) is 5.73 Å². The lowest BCUT2D eigenvalue weighted by molar-refractivity contribution is -0.0127. The van der Waals surface area contributed by atoms with Gasteiger partial charge in [0.1, 0.15) is 0 Å². The van der Waals surface area contributed by atoms with E-state index in [1.807, 2.05) is 0 Å². The average molecular weight is 254 g/mol. The standard InChI is InChI=1S/C14H30N4/c1-13(2)17-7-9-18(10-8-17)14(11-15)5-4-6-16(3)12-14/h13H,4-12,15H2,1-3H3. The summed E-state index contributed by atoms with van der Waals surface area (Å²) in [7, 11) is 2.23. The number of piperidine rings is 1. The van der Waals surface area contributed by atoms with Gasteiger partial charge in [-0.1, -0.05) is 0 Å². The number of piperazine rings is 1. The molecule has 2 heterocycles. The van der Waals surface area contributed by atoms with E-state index in [9.17, 15) is 0 Å². The van der Waals surface area contributed by atoms with Gasteiger partial charge in [-0.05, 0) is 40.3 Å². The lowest BCUT2D eigenvalue weighted by Crippen LogP contribution is -2.66. The minimum absolute atomic E-state index is 0.246. The second kappa shape index (κ2) is 5.87. The van der Waals surface area contributed by atoms with Crippen LogP contribution in [0.1, 0.15) is 26.7 Å². The van der Waals surface area contributed by atoms with Gasteiger partial charge in [0, 0.05) is 50.8 Å². The van der Waals surface area contributed by atoms with Crippen LogP contribution in [0.25, 0.3) is 0 Å². The fourth-order valence-corrected chi connectivity index (χ4v) is 3.61. The number of nitrogens with zero attached hydrogens (tertiary/aromatic N) is 3. The van der Waals surface area contributed by atoms with E-state index in [-0.39, 0.29) is 5.54 Å². The van der Waals surface area contributed by atoms with Crippen LogP contribution in [0.2, 0.25) is 0 Å². The van der Waals surface area contributed by atoms with Crippen LogP contribution in [-0.4, -0.2) is 79.1 Å². The Balaban J connectivity index is 1.97. The maximum atomic E-state index is 6.14. The molecule has 1 atom stereocenters. The Bertz CT molecular complexity index is 261. The van der Waals surface area contributed by atoms with E-state index in [0.717, 1.165) is 13.1 Å². The Hall–Kier alpha value is -0.160. The van der Waals surface area contributed by atoms with Gasteiger partial charge in [0.25, 0.3) is 0 Å². The summed E-state index contributed by atoms with van der Waals surface area (Å²) < 4.78 is 0. The molecule has 0 radical (unpaired) electrons. The summed E-state index contributed by atoms with van der Waals surface area (Å²) >= 11 is 0. The molecule has 106 valence electrons. The summed E-state index contributed by atoms with van der Waals surface area (Å²) in [5, 5.41) is 0. The predicted molar refractivity (Wildman–Crippen MR) is 76.8 cm³/mol. The largest absolute Gasteiger partial charge is 0.329 e. The van der Waals surface area contributed by atoms with Crippen LogP contribution in [0.15, 0.2) is 0 Å². The highest BCUT2D eigenvalue weighted by Crippen LogP contribution is 2.27. The van der Waals surface area contributed by atoms with E-state index in [1.54, 1.807) is 0 Å². The first kappa shape index (κ1) is 14.3. The van der Waals surface area contributed by atoms with Crippen LogP contribution in [-0.2, 0) is 0 Å². The molecule has 18 heavy (non-hydrogen) atoms. The molecule has 0 aromatic heterocycles. The molecule has 2 rings (SSSR count). The molecule has 4 nitrogen and oxygen atoms in total. The smallest absolute Gasteiger partial charge is 0.0459 e. The van der Waals surface area contributed by atoms with E-state index in [1.165, 1.54) is 45.6 Å². The molecule has 2 aliphatic heterocycles. The molecule has 0 saturated carbocycles. The van der Waals surface area contributed by atoms with Gasteiger partial charge < -0.3 is 10.6 Å². The normalized spacial score (nSPS) is 33.2. The van der Waals surface area contributed by atoms with Gasteiger partial charge >= 0.3 is 0 Å². The van der Waals surface area contributed by atoms with Crippen molar-refractivity contribution < 1.29 is 0 Å². The van der Waals surface area contributed by atoms with Gasteiger partial charge in [0.05, 0.1) is 0 Å². The van der Waals surface area contributed by atoms with E-state index >= 15 is 0 Å². The summed E-state index contributed by atoms with van der Waals surface area (Å²) in [5.41, 5.74) is 6.39. The van der Waals surface area contributed by atoms with Crippen molar-refractivity contribution in [3.05, 3.63) is 0 Å². The fourth-order valence-electron chi connectivity index (χ4n) is 3.61. The second-order valence-corrected chi connectivity index (χ2v) is 6.39. The third kappa shape index (κ3) is 2.87. The molecule has 2 saturated heterocycles. The molecular weight excluding hydrogens is 224 g/mol. The van der Waals surface area contributed by atoms with Crippen molar-refractivity contribution in [2.24, 2.45) is 5.73 Å². The molecule has 1 unspecified atom stereocenters. The lowest BCUT2D eigenvalue weighted by Gasteiger charge is -2.51. The summed E-state index contributed by atoms with van der Waals surface area (Å²) in [5.74, 6) is 0. The monoisotopic (exact) mass is 254 g/mol. The molecule has 2 N–H and O–H groups in total. The van der Waals surface area contributed by atoms with Crippen molar-refractivity contribution >= 4 is 0 Å². The topological polar surface area (TPSA) is 35.7 Å². The summed E-state index contributed by atoms with van der Waals surface area (Å²) in [6, 6.07) is 0.676. The highest BCUT2D eigenvalue weighted by Gasteiger charge is 2.39. The number of hydrogen-bond acceptors (Lipinski definition) is 4. The van der Waals surface area contributed by atoms with Crippen LogP contribution in [0, 0.1) is 0 Å². The predicted octanol–water partition coefficient (Wildman–Crippen LogP) is 0.436. The molecule has 2 fully saturated rings. The quantitative estimate of drug-likeness (QED) is 0.792. The molecule has 0 spiro atoms. The van der Waals surface area contributed by atoms with E-state index in [2.05, 4.69) is 35.6 Å². The molecular formula is C14H30N4. The van der Waals surface area contributed by atoms with Gasteiger partial charge in [-0.2, -0.15) is 0 Å². The van der Waals surface area contributed by atoms with Crippen molar-refractivity contribution in [1.82, 2.24) is 14.7 Å². The van der Waals surface area contributed by atoms with Crippen LogP contribution < -0.4 is 5.73 Å². The maximum Gasteiger partial charge on any atom is 0.0459 e. The molecule has 0 bridgehead atoms. The van der Waals surface area contributed by atoms with Crippen molar-refractivity contribution in [3.63, 3.8) is 0 Å². The number of hydrogen-bond donors (Lipinski definition) is 1. The first-order chi connectivity index (χ1) is 8.57. The first-order valence-electron chi connectivity index (χ1n) is 7.45. The number of likely N-dealkylation sites (tertiary alicyclic amines) is 1. The molecule has 2 aliphatic rings. The van der Waals surface area contributed by atoms with Gasteiger partial charge in [0.2, 0.25) is 0 Å². The first-order valence-corrected chi connectivity index (χ1v) is 7.45. The third-order valence-corrected chi connectivity index (χ3v) is 4.84. The van der Waals surface area contributed by atoms with Crippen LogP contribution in [0.3, 0.4) is 0 Å². The van der Waals surface area contributed by atoms with Crippen LogP contribution in [0.4, 0.5) is 0 Å². The van der Waals surface area contributed by atoms with Crippen molar-refractivity contribution in [1.29, 1.82) is 0 Å². The van der Waals surface area contributed by atoms with E-state index < -0.39 is 0 Å². The summed E-state index contributed by atoms with van der Waals surface area (Å²) in [4.78, 5) is 7.69. The van der Waals surface area contributed by atoms with Crippen LogP contribution in [0.5, 0.6) is 0 Å². The summed E-state index contributed by atoms with van der Waals surface area (Å²) in [6.07, 6.45) is 2.56. The Morgan fingerprint density at radius 1 is 1.11 bits per heavy atom. The highest BCUT2D eigenvalue weighted by atomic mass is 15.3. The Morgan fingerprint density at radius 2 is 1.78 bits per heavy atom. The van der Waals surface area contributed by atoms with E-state index in [0.29, 0.717) is 6.04 Å². The maximum absolute atomic E-state index is 6.14. The zero-order valence-corrected chi connectivity index (χ0v) is 12.4. The average Bonchev–Trinajstić information content (AvgIpc) is 2.38. The van der Waals surface area contributed by atoms with Gasteiger partial charge in [0.15, 0.2) is 0 Å². The third-order valence-electron chi connectivity index (χ3n) is 4.84. The molecule has 4 heteroatoms. The molecule has 0 amide bonds. The highest BCUT2D eigenvalue weighted by molar-refractivity contribution is 4.98. The number of likely N-dealkylation sites (N-methyl/N-ethyl adjacent to an activating group) is 1. The van der Waals surface area contributed by atoms with Gasteiger partial charge in [-0.25, -0.2) is 0 Å². The lowest BCUT2D eigenvalue weighted by atomic mass is 9.86. The Kier molecular flexibility index (Phi) is 4.64. The zero-order valence-electron chi connectivity index (χ0n) is 12.4. The molecule has 0 aromatic carbocycles. The van der Waals surface area contributed by atoms with Crippen molar-refractivity contribution in [3.8, 4) is 0 Å². The summed E-state index contributed by atoms with van der Waals surface area (Å²) in [6.45, 7) is 12.5. The van der Waals surface area contributed by atoms with Crippen LogP contribution >= 0.6 is 0 Å². The van der Waals surface area contributed by atoms with Crippen molar-refractivity contribution in [2.45, 2.75) is 38.3 Å². The zero-order chi connectivity index (χ0) is 13.2. The Morgan fingerprint density at radius 3 is 2.28 bits per heavy atom. The molecule has 0 aromatic rings. The SMILES string of the molecule is CC(C)N1CCN(C2(CN)CCCN(C)C2)CC1. The Labute approximate surface area is 112 Å². The minimum atomic E-state index is 0.246. The minimum Gasteiger partial charge on any atom is -0.329 e. The molecule has 0 aliphatic carbocycles. The van der Waals surface area contributed by atoms with Crippen molar-refractivity contribution in [2.75, 3.05) is 52.9 Å². The number of rotatable bonds is 3. The fraction of sp³-hybridized carbons (Fsp3) is 1.00. The van der Waals surface area contributed by atoms with Gasteiger partial charge in [-0.15, -0.1) is 0 Å². The number of nitrogens with two attached hydrogens (primary N) is 1. The second-order valence-electron chi connectivity index (χ2n) is 6.39. The van der Waals surface area contributed by atoms with Gasteiger partial charge in [-0.3, -0.25) is 9.80 Å².